The second kappa shape index (κ2) is 17.4. The quantitative estimate of drug-likeness (QED) is 0.0944. The van der Waals surface area contributed by atoms with E-state index >= 15 is 0 Å². The number of fused-ring (bicyclic) bond motifs is 2. The Morgan fingerprint density at radius 2 is 1.49 bits per heavy atom. The zero-order valence-corrected chi connectivity index (χ0v) is 34.7. The van der Waals surface area contributed by atoms with Crippen LogP contribution in [-0.4, -0.2) is 61.3 Å². The fraction of sp³-hybridized carbons (Fsp3) is 0.289. The first-order chi connectivity index (χ1) is 29.4. The molecule has 7 aromatic rings. The molecule has 0 radical (unpaired) electrons. The van der Waals surface area contributed by atoms with Crippen molar-refractivity contribution in [3.05, 3.63) is 107 Å². The van der Waals surface area contributed by atoms with Gasteiger partial charge in [0.05, 0.1) is 4.90 Å². The molecule has 0 unspecified atom stereocenters. The number of oxazole rings is 2. The van der Waals surface area contributed by atoms with Gasteiger partial charge in [-0.3, -0.25) is 9.78 Å². The topological polar surface area (TPSA) is 168 Å². The van der Waals surface area contributed by atoms with Gasteiger partial charge in [-0.1, -0.05) is 31.2 Å². The van der Waals surface area contributed by atoms with E-state index in [2.05, 4.69) is 15.6 Å². The lowest BCUT2D eigenvalue weighted by atomic mass is 9.91. The van der Waals surface area contributed by atoms with Crippen molar-refractivity contribution in [1.29, 1.82) is 0 Å². The van der Waals surface area contributed by atoms with Crippen LogP contribution >= 0.6 is 0 Å². The fourth-order valence-corrected chi connectivity index (χ4v) is 8.06. The number of ether oxygens (including phenoxy) is 3. The third-order valence-electron chi connectivity index (χ3n) is 10.6. The number of hydrogen-bond acceptors (Lipinski definition) is 13. The molecule has 0 amide bonds. The van der Waals surface area contributed by atoms with Crippen molar-refractivity contribution < 1.29 is 45.0 Å². The number of nitrogens with one attached hydrogen (secondary N) is 2. The second-order valence-electron chi connectivity index (χ2n) is 14.9. The van der Waals surface area contributed by atoms with Crippen molar-refractivity contribution in [3.8, 4) is 45.5 Å². The molecule has 0 saturated carbocycles. The van der Waals surface area contributed by atoms with E-state index in [4.69, 9.17) is 33.0 Å². The smallest absolute Gasteiger partial charge is 0.387 e. The molecule has 13 nitrogen and oxygen atoms in total. The van der Waals surface area contributed by atoms with Crippen LogP contribution in [0, 0.1) is 13.8 Å². The van der Waals surface area contributed by atoms with Crippen LogP contribution in [0.25, 0.3) is 56.2 Å². The van der Waals surface area contributed by atoms with E-state index in [0.717, 1.165) is 52.6 Å². The summed E-state index contributed by atoms with van der Waals surface area (Å²) < 4.78 is 80.2. The molecule has 1 aliphatic heterocycles. The number of sulfone groups is 1. The van der Waals surface area contributed by atoms with Crippen LogP contribution in [0.3, 0.4) is 0 Å². The maximum Gasteiger partial charge on any atom is 0.387 e. The molecule has 16 heteroatoms. The highest BCUT2D eigenvalue weighted by Crippen LogP contribution is 2.39. The summed E-state index contributed by atoms with van der Waals surface area (Å²) in [5, 5.41) is 6.41. The molecule has 2 N–H and O–H groups in total. The van der Waals surface area contributed by atoms with Gasteiger partial charge in [0.1, 0.15) is 41.8 Å². The standard InChI is InChI=1S/C45H43F2N5O8S/c1-5-48-21-28-16-36-40(18-38(28)56-23-27-15-30(22-49-20-27)61(4,54)55)58-42(51-36)33-11-6-9-31(25(33)2)32-10-7-12-34(26(32)3)43-52-37-17-29(24-57-44(53)35-13-8-14-50-35)39(60-45(46)47)19-41(37)59-43/h6-7,9-12,15-20,22,35,45,48,50H,5,8,13-14,21,23-24H2,1-4H3/t35-/m0/s1. The molecule has 1 saturated heterocycles. The molecule has 4 heterocycles. The average molecular weight is 852 g/mol. The van der Waals surface area contributed by atoms with Crippen LogP contribution in [0.2, 0.25) is 0 Å². The van der Waals surface area contributed by atoms with Gasteiger partial charge in [0.2, 0.25) is 11.8 Å². The van der Waals surface area contributed by atoms with Gasteiger partial charge in [-0.25, -0.2) is 18.4 Å². The Morgan fingerprint density at radius 1 is 0.869 bits per heavy atom. The van der Waals surface area contributed by atoms with Gasteiger partial charge in [-0.15, -0.1) is 0 Å². The summed E-state index contributed by atoms with van der Waals surface area (Å²) in [6, 6.07) is 19.4. The molecule has 1 fully saturated rings. The Balaban J connectivity index is 1.09. The first-order valence-electron chi connectivity index (χ1n) is 19.8. The Hall–Kier alpha value is -6.23. The number of esters is 1. The molecule has 1 atom stereocenters. The maximum atomic E-state index is 13.5. The Kier molecular flexibility index (Phi) is 11.8. The van der Waals surface area contributed by atoms with Gasteiger partial charge < -0.3 is 33.7 Å². The predicted octanol–water partition coefficient (Wildman–Crippen LogP) is 8.47. The number of hydrogen-bond donors (Lipinski definition) is 2. The highest BCUT2D eigenvalue weighted by molar-refractivity contribution is 7.90. The lowest BCUT2D eigenvalue weighted by molar-refractivity contribution is -0.147. The minimum absolute atomic E-state index is 0.0931. The largest absolute Gasteiger partial charge is 0.488 e. The third-order valence-corrected chi connectivity index (χ3v) is 11.7. The van der Waals surface area contributed by atoms with Crippen molar-refractivity contribution in [3.63, 3.8) is 0 Å². The van der Waals surface area contributed by atoms with Crippen LogP contribution in [0.15, 0.2) is 92.9 Å². The number of aromatic nitrogens is 3. The summed E-state index contributed by atoms with van der Waals surface area (Å²) in [6.07, 6.45) is 5.52. The number of rotatable bonds is 15. The SMILES string of the molecule is CCNCc1cc2nc(-c3cccc(-c4cccc(-c5nc6cc(COC(=O)[C@@H]7CCCN7)c(OC(F)F)cc6o5)c4C)c3C)oc2cc1OCc1cncc(S(C)(=O)=O)c1. The molecule has 8 rings (SSSR count). The normalized spacial score (nSPS) is 14.3. The van der Waals surface area contributed by atoms with Crippen molar-refractivity contribution >= 4 is 38.0 Å². The predicted molar refractivity (Wildman–Crippen MR) is 224 cm³/mol. The molecule has 3 aromatic heterocycles. The van der Waals surface area contributed by atoms with Crippen molar-refractivity contribution in [1.82, 2.24) is 25.6 Å². The Bertz CT molecular complexity index is 2870. The number of halogens is 2. The Labute approximate surface area is 350 Å². The molecular weight excluding hydrogens is 809 g/mol. The maximum absolute atomic E-state index is 13.5. The first kappa shape index (κ1) is 41.5. The zero-order chi connectivity index (χ0) is 42.8. The zero-order valence-electron chi connectivity index (χ0n) is 33.9. The lowest BCUT2D eigenvalue weighted by Gasteiger charge is -2.14. The molecule has 0 spiro atoms. The average Bonchev–Trinajstić information content (AvgIpc) is 4.01. The highest BCUT2D eigenvalue weighted by atomic mass is 32.2. The summed E-state index contributed by atoms with van der Waals surface area (Å²) in [5.41, 5.74) is 8.55. The minimum Gasteiger partial charge on any atom is -0.488 e. The summed E-state index contributed by atoms with van der Waals surface area (Å²) in [7, 11) is -3.43. The second-order valence-corrected chi connectivity index (χ2v) is 16.9. The molecule has 1 aliphatic rings. The first-order valence-corrected chi connectivity index (χ1v) is 21.6. The number of pyridine rings is 1. The van der Waals surface area contributed by atoms with Crippen LogP contribution in [0.5, 0.6) is 11.5 Å². The number of carbonyl (C=O) groups is 1. The van der Waals surface area contributed by atoms with Crippen molar-refractivity contribution in [2.45, 2.75) is 70.9 Å². The molecule has 0 aliphatic carbocycles. The van der Waals surface area contributed by atoms with E-state index in [9.17, 15) is 22.0 Å². The number of benzene rings is 4. The van der Waals surface area contributed by atoms with E-state index in [1.165, 1.54) is 18.3 Å². The number of nitrogens with zero attached hydrogens (tertiary/aromatic N) is 3. The van der Waals surface area contributed by atoms with E-state index in [1.807, 2.05) is 63.2 Å². The summed E-state index contributed by atoms with van der Waals surface area (Å²) in [5.74, 6) is 0.639. The van der Waals surface area contributed by atoms with Gasteiger partial charge in [-0.05, 0) is 92.4 Å². The van der Waals surface area contributed by atoms with Gasteiger partial charge in [0, 0.05) is 65.1 Å². The van der Waals surface area contributed by atoms with Crippen molar-refractivity contribution in [2.24, 2.45) is 0 Å². The van der Waals surface area contributed by atoms with Crippen LogP contribution < -0.4 is 20.1 Å². The van der Waals surface area contributed by atoms with Gasteiger partial charge in [0.15, 0.2) is 21.0 Å². The van der Waals surface area contributed by atoms with Gasteiger partial charge in [0.25, 0.3) is 0 Å². The molecular formula is C45H43F2N5O8S. The molecule has 0 bridgehead atoms. The van der Waals surface area contributed by atoms with Crippen molar-refractivity contribution in [2.75, 3.05) is 19.3 Å². The summed E-state index contributed by atoms with van der Waals surface area (Å²) in [4.78, 5) is 26.4. The van der Waals surface area contributed by atoms with E-state index in [-0.39, 0.29) is 40.9 Å². The molecule has 316 valence electrons. The van der Waals surface area contributed by atoms with Crippen LogP contribution in [0.1, 0.15) is 47.6 Å². The highest BCUT2D eigenvalue weighted by Gasteiger charge is 2.25. The summed E-state index contributed by atoms with van der Waals surface area (Å²) in [6.45, 7) is 4.64. The number of alkyl halides is 2. The van der Waals surface area contributed by atoms with E-state index in [1.54, 1.807) is 18.3 Å². The van der Waals surface area contributed by atoms with E-state index in [0.29, 0.717) is 58.9 Å². The third kappa shape index (κ3) is 8.97. The molecule has 4 aromatic carbocycles. The van der Waals surface area contributed by atoms with E-state index < -0.39 is 28.5 Å². The Morgan fingerprint density at radius 3 is 2.08 bits per heavy atom. The van der Waals surface area contributed by atoms with Gasteiger partial charge in [-0.2, -0.15) is 8.78 Å². The number of carbonyl (C=O) groups excluding carboxylic acids is 1. The molecule has 61 heavy (non-hydrogen) atoms. The fourth-order valence-electron chi connectivity index (χ4n) is 7.44. The lowest BCUT2D eigenvalue weighted by Crippen LogP contribution is -2.32. The minimum atomic E-state index is -3.43. The van der Waals surface area contributed by atoms with Crippen LogP contribution in [0.4, 0.5) is 8.78 Å². The van der Waals surface area contributed by atoms with Gasteiger partial charge >= 0.3 is 12.6 Å². The monoisotopic (exact) mass is 851 g/mol. The summed E-state index contributed by atoms with van der Waals surface area (Å²) >= 11 is 0. The van der Waals surface area contributed by atoms with Crippen LogP contribution in [-0.2, 0) is 39.1 Å².